The molecular formula is C35H62O3. The highest BCUT2D eigenvalue weighted by Gasteiger charge is 2.49. The van der Waals surface area contributed by atoms with Crippen molar-refractivity contribution in [3.63, 3.8) is 0 Å². The molecule has 4 unspecified atom stereocenters. The van der Waals surface area contributed by atoms with Gasteiger partial charge in [0.15, 0.2) is 0 Å². The number of aliphatic hydroxyl groups excluding tert-OH is 1. The third kappa shape index (κ3) is 9.93. The first kappa shape index (κ1) is 33.3. The van der Waals surface area contributed by atoms with Gasteiger partial charge in [0.2, 0.25) is 0 Å². The molecule has 1 aliphatic carbocycles. The zero-order valence-corrected chi connectivity index (χ0v) is 26.3. The van der Waals surface area contributed by atoms with Crippen molar-refractivity contribution in [2.24, 2.45) is 0 Å². The smallest absolute Gasteiger partial charge is 0.111 e. The fraction of sp³-hybridized carbons (Fsp3) is 0.829. The molecule has 0 aromatic heterocycles. The van der Waals surface area contributed by atoms with Gasteiger partial charge >= 0.3 is 0 Å². The fourth-order valence-electron chi connectivity index (χ4n) is 6.61. The van der Waals surface area contributed by atoms with Crippen LogP contribution in [0.25, 0.3) is 0 Å². The van der Waals surface area contributed by atoms with Gasteiger partial charge in [-0.15, -0.1) is 0 Å². The van der Waals surface area contributed by atoms with Crippen LogP contribution in [0.1, 0.15) is 164 Å². The minimum absolute atomic E-state index is 0.150. The van der Waals surface area contributed by atoms with E-state index >= 15 is 0 Å². The van der Waals surface area contributed by atoms with E-state index in [1.165, 1.54) is 68.1 Å². The molecule has 2 rings (SSSR count). The van der Waals surface area contributed by atoms with Crippen molar-refractivity contribution in [2.75, 3.05) is 0 Å². The number of ether oxygens (including phenoxy) is 1. The van der Waals surface area contributed by atoms with Gasteiger partial charge in [0.05, 0.1) is 17.3 Å². The second-order valence-corrected chi connectivity index (χ2v) is 13.2. The lowest BCUT2D eigenvalue weighted by Gasteiger charge is -2.52. The quantitative estimate of drug-likeness (QED) is 0.137. The topological polar surface area (TPSA) is 49.7 Å². The number of allylic oxidation sites excluding steroid dienone is 2. The molecule has 0 saturated carbocycles. The summed E-state index contributed by atoms with van der Waals surface area (Å²) in [4.78, 5) is 0. The monoisotopic (exact) mass is 530 g/mol. The standard InChI is InChI=1S/C35H62O3/c1-8-10-12-13-14-16-25-35-30(5)29(4)32(36)27-31(35)21-26-34(7,38-35)24-18-20-28(3)19-17-23-33(6,37)22-15-11-9-2/h20,27,32,36-37H,8-19,21-26H2,1-7H3. The van der Waals surface area contributed by atoms with Gasteiger partial charge in [-0.2, -0.15) is 0 Å². The highest BCUT2D eigenvalue weighted by atomic mass is 16.5. The predicted molar refractivity (Wildman–Crippen MR) is 164 cm³/mol. The van der Waals surface area contributed by atoms with Crippen LogP contribution >= 0.6 is 0 Å². The van der Waals surface area contributed by atoms with E-state index in [-0.39, 0.29) is 11.2 Å². The molecule has 4 atom stereocenters. The fourth-order valence-corrected chi connectivity index (χ4v) is 6.61. The van der Waals surface area contributed by atoms with E-state index in [1.807, 2.05) is 6.92 Å². The minimum Gasteiger partial charge on any atom is -0.390 e. The van der Waals surface area contributed by atoms with Gasteiger partial charge in [0.25, 0.3) is 0 Å². The number of fused-ring (bicyclic) bond motifs is 1. The molecule has 0 amide bonds. The number of hydrogen-bond donors (Lipinski definition) is 2. The van der Waals surface area contributed by atoms with Crippen molar-refractivity contribution in [1.29, 1.82) is 0 Å². The van der Waals surface area contributed by atoms with Crippen molar-refractivity contribution >= 4 is 0 Å². The summed E-state index contributed by atoms with van der Waals surface area (Å²) in [6.45, 7) is 15.3. The highest BCUT2D eigenvalue weighted by molar-refractivity contribution is 5.44. The molecule has 1 aliphatic heterocycles. The Kier molecular flexibility index (Phi) is 13.8. The number of hydrogen-bond acceptors (Lipinski definition) is 3. The Morgan fingerprint density at radius 3 is 2.34 bits per heavy atom. The van der Waals surface area contributed by atoms with Crippen LogP contribution in [0.2, 0.25) is 0 Å². The van der Waals surface area contributed by atoms with Crippen molar-refractivity contribution < 1.29 is 14.9 Å². The zero-order valence-electron chi connectivity index (χ0n) is 26.3. The summed E-state index contributed by atoms with van der Waals surface area (Å²) in [5.74, 6) is 0. The molecule has 3 nitrogen and oxygen atoms in total. The summed E-state index contributed by atoms with van der Waals surface area (Å²) in [6, 6.07) is 0. The Morgan fingerprint density at radius 1 is 1.00 bits per heavy atom. The van der Waals surface area contributed by atoms with Crippen LogP contribution in [-0.2, 0) is 4.74 Å². The third-order valence-electron chi connectivity index (χ3n) is 9.52. The summed E-state index contributed by atoms with van der Waals surface area (Å²) in [7, 11) is 0. The zero-order chi connectivity index (χ0) is 28.2. The first-order valence-corrected chi connectivity index (χ1v) is 16.1. The lowest BCUT2D eigenvalue weighted by molar-refractivity contribution is -0.145. The van der Waals surface area contributed by atoms with Gasteiger partial charge in [-0.05, 0) is 122 Å². The molecule has 2 aliphatic rings. The summed E-state index contributed by atoms with van der Waals surface area (Å²) >= 11 is 0. The van der Waals surface area contributed by atoms with E-state index in [1.54, 1.807) is 0 Å². The van der Waals surface area contributed by atoms with Crippen LogP contribution in [0.4, 0.5) is 0 Å². The molecule has 0 aromatic carbocycles. The van der Waals surface area contributed by atoms with Crippen LogP contribution in [0.15, 0.2) is 34.4 Å². The first-order chi connectivity index (χ1) is 18.0. The first-order valence-electron chi connectivity index (χ1n) is 16.1. The maximum absolute atomic E-state index is 10.7. The average Bonchev–Trinajstić information content (AvgIpc) is 2.86. The van der Waals surface area contributed by atoms with Crippen LogP contribution < -0.4 is 0 Å². The Hall–Kier alpha value is -0.900. The second kappa shape index (κ2) is 15.8. The molecule has 220 valence electrons. The molecule has 2 N–H and O–H groups in total. The minimum atomic E-state index is -0.522. The molecular weight excluding hydrogens is 468 g/mol. The molecule has 3 heteroatoms. The van der Waals surface area contributed by atoms with Gasteiger partial charge in [0, 0.05) is 0 Å². The maximum atomic E-state index is 10.7. The molecule has 0 bridgehead atoms. The highest BCUT2D eigenvalue weighted by Crippen LogP contribution is 2.51. The normalized spacial score (nSPS) is 27.8. The maximum Gasteiger partial charge on any atom is 0.111 e. The largest absolute Gasteiger partial charge is 0.390 e. The average molecular weight is 531 g/mol. The molecule has 0 aromatic rings. The van der Waals surface area contributed by atoms with Crippen LogP contribution in [-0.4, -0.2) is 33.1 Å². The molecule has 1 saturated heterocycles. The summed E-state index contributed by atoms with van der Waals surface area (Å²) in [5.41, 5.74) is 4.07. The summed E-state index contributed by atoms with van der Waals surface area (Å²) in [5, 5.41) is 21.3. The van der Waals surface area contributed by atoms with Gasteiger partial charge in [-0.3, -0.25) is 0 Å². The lowest BCUT2D eigenvalue weighted by Crippen LogP contribution is -2.51. The molecule has 38 heavy (non-hydrogen) atoms. The van der Waals surface area contributed by atoms with E-state index in [0.717, 1.165) is 69.8 Å². The molecule has 0 radical (unpaired) electrons. The molecule has 1 heterocycles. The molecule has 1 fully saturated rings. The second-order valence-electron chi connectivity index (χ2n) is 13.2. The Labute approximate surface area is 236 Å². The Bertz CT molecular complexity index is 804. The van der Waals surface area contributed by atoms with Gasteiger partial charge in [-0.1, -0.05) is 76.9 Å². The van der Waals surface area contributed by atoms with Crippen molar-refractivity contribution in [2.45, 2.75) is 187 Å². The van der Waals surface area contributed by atoms with E-state index in [9.17, 15) is 10.2 Å². The Morgan fingerprint density at radius 2 is 1.63 bits per heavy atom. The van der Waals surface area contributed by atoms with Crippen LogP contribution in [0.5, 0.6) is 0 Å². The lowest BCUT2D eigenvalue weighted by atomic mass is 9.69. The number of rotatable bonds is 18. The molecule has 0 spiro atoms. The van der Waals surface area contributed by atoms with Crippen molar-refractivity contribution in [1.82, 2.24) is 0 Å². The van der Waals surface area contributed by atoms with E-state index in [0.29, 0.717) is 0 Å². The third-order valence-corrected chi connectivity index (χ3v) is 9.52. The number of aliphatic hydroxyl groups is 2. The SMILES string of the molecule is CCCCCCCCC12OC(C)(CCC=C(C)CCCC(C)(O)CCCCC)CCC1=CC(O)C(C)=C2C. The van der Waals surface area contributed by atoms with Crippen LogP contribution in [0, 0.1) is 0 Å². The van der Waals surface area contributed by atoms with Gasteiger partial charge in [0.1, 0.15) is 5.60 Å². The van der Waals surface area contributed by atoms with Gasteiger partial charge < -0.3 is 14.9 Å². The summed E-state index contributed by atoms with van der Waals surface area (Å²) in [6.07, 6.45) is 24.3. The van der Waals surface area contributed by atoms with Crippen molar-refractivity contribution in [3.8, 4) is 0 Å². The van der Waals surface area contributed by atoms with Gasteiger partial charge in [-0.25, -0.2) is 0 Å². The van der Waals surface area contributed by atoms with E-state index < -0.39 is 11.7 Å². The Balaban J connectivity index is 1.96. The summed E-state index contributed by atoms with van der Waals surface area (Å²) < 4.78 is 7.18. The van der Waals surface area contributed by atoms with E-state index in [4.69, 9.17) is 4.74 Å². The predicted octanol–water partition coefficient (Wildman–Crippen LogP) is 9.91. The van der Waals surface area contributed by atoms with Crippen molar-refractivity contribution in [3.05, 3.63) is 34.4 Å². The van der Waals surface area contributed by atoms with E-state index in [2.05, 4.69) is 53.7 Å². The number of unbranched alkanes of at least 4 members (excludes halogenated alkanes) is 7. The van der Waals surface area contributed by atoms with Crippen LogP contribution in [0.3, 0.4) is 0 Å².